The molecular formula is C15H13ClOS. The Bertz CT molecular complexity index is 482. The van der Waals surface area contributed by atoms with Gasteiger partial charge in [-0.2, -0.15) is 0 Å². The molecular weight excluding hydrogens is 264 g/mol. The van der Waals surface area contributed by atoms with E-state index in [-0.39, 0.29) is 5.12 Å². The molecule has 0 bridgehead atoms. The van der Waals surface area contributed by atoms with Gasteiger partial charge >= 0.3 is 0 Å². The minimum absolute atomic E-state index is 0.140. The summed E-state index contributed by atoms with van der Waals surface area (Å²) in [6, 6.07) is 15.3. The molecule has 2 aromatic carbocycles. The Balaban J connectivity index is 1.96. The second-order valence-electron chi connectivity index (χ2n) is 4.09. The topological polar surface area (TPSA) is 17.1 Å². The molecule has 0 unspecified atom stereocenters. The van der Waals surface area contributed by atoms with Gasteiger partial charge in [-0.15, -0.1) is 0 Å². The summed E-state index contributed by atoms with van der Waals surface area (Å²) in [4.78, 5) is 12.9. The van der Waals surface area contributed by atoms with E-state index in [1.165, 1.54) is 17.3 Å². The molecule has 0 saturated heterocycles. The number of rotatable bonds is 3. The van der Waals surface area contributed by atoms with E-state index >= 15 is 0 Å². The van der Waals surface area contributed by atoms with Crippen molar-refractivity contribution in [3.63, 3.8) is 0 Å². The van der Waals surface area contributed by atoms with Crippen molar-refractivity contribution in [3.8, 4) is 0 Å². The predicted octanol–water partition coefficient (Wildman–Crippen LogP) is 4.51. The molecule has 0 radical (unpaired) electrons. The van der Waals surface area contributed by atoms with Gasteiger partial charge < -0.3 is 0 Å². The van der Waals surface area contributed by atoms with Gasteiger partial charge in [0.05, 0.1) is 0 Å². The molecule has 0 saturated carbocycles. The first kappa shape index (κ1) is 13.2. The van der Waals surface area contributed by atoms with Gasteiger partial charge in [-0.05, 0) is 36.8 Å². The van der Waals surface area contributed by atoms with Gasteiger partial charge in [0.2, 0.25) is 0 Å². The molecule has 18 heavy (non-hydrogen) atoms. The highest BCUT2D eigenvalue weighted by Gasteiger charge is 2.06. The lowest BCUT2D eigenvalue weighted by Crippen LogP contribution is -1.97. The van der Waals surface area contributed by atoms with Crippen LogP contribution in [0.3, 0.4) is 0 Å². The summed E-state index contributed by atoms with van der Waals surface area (Å²) >= 11 is 7.08. The van der Waals surface area contributed by atoms with Crippen LogP contribution in [0.15, 0.2) is 53.4 Å². The van der Waals surface area contributed by atoms with Crippen molar-refractivity contribution in [1.82, 2.24) is 0 Å². The van der Waals surface area contributed by atoms with Gasteiger partial charge in [0.25, 0.3) is 0 Å². The third-order valence-corrected chi connectivity index (χ3v) is 3.65. The van der Waals surface area contributed by atoms with E-state index in [0.29, 0.717) is 11.4 Å². The monoisotopic (exact) mass is 276 g/mol. The molecule has 0 amide bonds. The molecule has 0 spiro atoms. The fourth-order valence-electron chi connectivity index (χ4n) is 1.54. The van der Waals surface area contributed by atoms with Crippen LogP contribution in [-0.2, 0) is 11.2 Å². The third-order valence-electron chi connectivity index (χ3n) is 2.51. The first-order valence-electron chi connectivity index (χ1n) is 5.65. The fourth-order valence-corrected chi connectivity index (χ4v) is 2.44. The zero-order chi connectivity index (χ0) is 13.0. The molecule has 0 aliphatic carbocycles. The summed E-state index contributed by atoms with van der Waals surface area (Å²) in [5, 5.41) is 0.832. The smallest absolute Gasteiger partial charge is 0.198 e. The summed E-state index contributed by atoms with van der Waals surface area (Å²) in [5.74, 6) is 0. The normalized spacial score (nSPS) is 10.3. The van der Waals surface area contributed by atoms with Gasteiger partial charge in [-0.1, -0.05) is 53.2 Å². The molecule has 2 rings (SSSR count). The number of thioether (sulfide) groups is 1. The standard InChI is InChI=1S/C15H13ClOS/c1-11-2-8-14(9-3-11)18-15(17)10-12-4-6-13(16)7-5-12/h2-9H,10H2,1H3. The lowest BCUT2D eigenvalue weighted by Gasteiger charge is -2.02. The molecule has 0 fully saturated rings. The van der Waals surface area contributed by atoms with Crippen LogP contribution in [0, 0.1) is 6.92 Å². The first-order valence-corrected chi connectivity index (χ1v) is 6.85. The number of hydrogen-bond acceptors (Lipinski definition) is 2. The molecule has 0 aliphatic heterocycles. The van der Waals surface area contributed by atoms with E-state index in [0.717, 1.165) is 10.5 Å². The Hall–Kier alpha value is -1.25. The Morgan fingerprint density at radius 1 is 1.06 bits per heavy atom. The van der Waals surface area contributed by atoms with Crippen molar-refractivity contribution >= 4 is 28.5 Å². The van der Waals surface area contributed by atoms with Gasteiger partial charge in [-0.25, -0.2) is 0 Å². The van der Waals surface area contributed by atoms with E-state index in [1.54, 1.807) is 12.1 Å². The van der Waals surface area contributed by atoms with Crippen LogP contribution in [0.4, 0.5) is 0 Å². The van der Waals surface area contributed by atoms with Crippen LogP contribution >= 0.6 is 23.4 Å². The van der Waals surface area contributed by atoms with Crippen LogP contribution in [0.5, 0.6) is 0 Å². The maximum atomic E-state index is 11.9. The van der Waals surface area contributed by atoms with Crippen molar-refractivity contribution in [3.05, 3.63) is 64.7 Å². The largest absolute Gasteiger partial charge is 0.286 e. The van der Waals surface area contributed by atoms with E-state index in [4.69, 9.17) is 11.6 Å². The highest BCUT2D eigenvalue weighted by Crippen LogP contribution is 2.21. The molecule has 1 nitrogen and oxygen atoms in total. The summed E-state index contributed by atoms with van der Waals surface area (Å²) < 4.78 is 0. The number of hydrogen-bond donors (Lipinski definition) is 0. The molecule has 92 valence electrons. The zero-order valence-electron chi connectivity index (χ0n) is 10.0. The summed E-state index contributed by atoms with van der Waals surface area (Å²) in [7, 11) is 0. The van der Waals surface area contributed by atoms with Crippen molar-refractivity contribution in [2.75, 3.05) is 0 Å². The average molecular weight is 277 g/mol. The SMILES string of the molecule is Cc1ccc(SC(=O)Cc2ccc(Cl)cc2)cc1. The molecule has 0 aliphatic rings. The van der Waals surface area contributed by atoms with Gasteiger partial charge in [-0.3, -0.25) is 4.79 Å². The van der Waals surface area contributed by atoms with E-state index < -0.39 is 0 Å². The van der Waals surface area contributed by atoms with Gasteiger partial charge in [0, 0.05) is 16.3 Å². The maximum absolute atomic E-state index is 11.9. The minimum Gasteiger partial charge on any atom is -0.286 e. The minimum atomic E-state index is 0.140. The van der Waals surface area contributed by atoms with Crippen LogP contribution < -0.4 is 0 Å². The van der Waals surface area contributed by atoms with Crippen LogP contribution in [-0.4, -0.2) is 5.12 Å². The summed E-state index contributed by atoms with van der Waals surface area (Å²) in [5.41, 5.74) is 2.19. The second kappa shape index (κ2) is 6.07. The fraction of sp³-hybridized carbons (Fsp3) is 0.133. The van der Waals surface area contributed by atoms with Crippen molar-refractivity contribution in [2.24, 2.45) is 0 Å². The quantitative estimate of drug-likeness (QED) is 0.767. The van der Waals surface area contributed by atoms with E-state index in [2.05, 4.69) is 0 Å². The average Bonchev–Trinajstić information content (AvgIpc) is 2.35. The first-order chi connectivity index (χ1) is 8.63. The summed E-state index contributed by atoms with van der Waals surface area (Å²) in [6.45, 7) is 2.03. The number of halogens is 1. The lowest BCUT2D eigenvalue weighted by atomic mass is 10.2. The molecule has 3 heteroatoms. The van der Waals surface area contributed by atoms with Crippen LogP contribution in [0.1, 0.15) is 11.1 Å². The molecule has 0 atom stereocenters. The van der Waals surface area contributed by atoms with E-state index in [1.807, 2.05) is 43.3 Å². The van der Waals surface area contributed by atoms with E-state index in [9.17, 15) is 4.79 Å². The molecule has 0 heterocycles. The Morgan fingerprint density at radius 2 is 1.67 bits per heavy atom. The number of carbonyl (C=O) groups is 1. The lowest BCUT2D eigenvalue weighted by molar-refractivity contribution is -0.110. The van der Waals surface area contributed by atoms with Crippen LogP contribution in [0.2, 0.25) is 5.02 Å². The number of benzene rings is 2. The molecule has 0 aromatic heterocycles. The van der Waals surface area contributed by atoms with Gasteiger partial charge in [0.15, 0.2) is 5.12 Å². The number of carbonyl (C=O) groups excluding carboxylic acids is 1. The highest BCUT2D eigenvalue weighted by atomic mass is 35.5. The Kier molecular flexibility index (Phi) is 4.45. The zero-order valence-corrected chi connectivity index (χ0v) is 11.6. The summed E-state index contributed by atoms with van der Waals surface area (Å²) in [6.07, 6.45) is 0.426. The highest BCUT2D eigenvalue weighted by molar-refractivity contribution is 8.13. The Morgan fingerprint density at radius 3 is 2.28 bits per heavy atom. The Labute approximate surface area is 116 Å². The predicted molar refractivity (Wildman–Crippen MR) is 77.2 cm³/mol. The maximum Gasteiger partial charge on any atom is 0.198 e. The van der Waals surface area contributed by atoms with Crippen LogP contribution in [0.25, 0.3) is 0 Å². The molecule has 0 N–H and O–H groups in total. The van der Waals surface area contributed by atoms with Crippen molar-refractivity contribution in [2.45, 2.75) is 18.2 Å². The third kappa shape index (κ3) is 3.90. The van der Waals surface area contributed by atoms with Crippen molar-refractivity contribution in [1.29, 1.82) is 0 Å². The second-order valence-corrected chi connectivity index (χ2v) is 5.66. The number of aryl methyl sites for hydroxylation is 1. The van der Waals surface area contributed by atoms with Gasteiger partial charge in [0.1, 0.15) is 0 Å². The molecule has 2 aromatic rings. The van der Waals surface area contributed by atoms with Crippen molar-refractivity contribution < 1.29 is 4.79 Å².